The van der Waals surface area contributed by atoms with Gasteiger partial charge in [0.05, 0.1) is 29.8 Å². The molecule has 2 fully saturated rings. The minimum absolute atomic E-state index is 0.477. The predicted molar refractivity (Wildman–Crippen MR) is 104 cm³/mol. The quantitative estimate of drug-likeness (QED) is 0.491. The largest absolute Gasteiger partial charge is 0.484 e. The Morgan fingerprint density at radius 2 is 2.04 bits per heavy atom. The smallest absolute Gasteiger partial charge is 0.225 e. The van der Waals surface area contributed by atoms with E-state index in [-0.39, 0.29) is 0 Å². The number of nitrogen functional groups attached to an aromatic ring is 1. The van der Waals surface area contributed by atoms with Crippen molar-refractivity contribution in [2.24, 2.45) is 11.8 Å². The first kappa shape index (κ1) is 17.9. The Morgan fingerprint density at radius 1 is 1.27 bits per heavy atom. The summed E-state index contributed by atoms with van der Waals surface area (Å²) in [5.41, 5.74) is 7.77. The van der Waals surface area contributed by atoms with Crippen LogP contribution < -0.4 is 19.7 Å². The van der Waals surface area contributed by atoms with Crippen LogP contribution in [0.25, 0.3) is 0 Å². The van der Waals surface area contributed by atoms with Crippen molar-refractivity contribution < 1.29 is 14.3 Å². The van der Waals surface area contributed by atoms with E-state index in [1.165, 1.54) is 12.8 Å². The van der Waals surface area contributed by atoms with Crippen LogP contribution in [0.1, 0.15) is 39.0 Å². The number of fused-ring (bicyclic) bond motifs is 3. The molecule has 0 amide bonds. The average molecular weight is 380 g/mol. The maximum absolute atomic E-state index is 10.8. The summed E-state index contributed by atoms with van der Waals surface area (Å²) in [6.07, 6.45) is 6.32. The monoisotopic (exact) mass is 379 g/mol. The summed E-state index contributed by atoms with van der Waals surface area (Å²) in [6, 6.07) is 2.52. The third kappa shape index (κ3) is 2.76. The molecule has 1 aromatic carbocycles. The van der Waals surface area contributed by atoms with Crippen molar-refractivity contribution in [1.29, 1.82) is 0 Å². The van der Waals surface area contributed by atoms with Crippen molar-refractivity contribution in [2.75, 3.05) is 32.0 Å². The van der Waals surface area contributed by atoms with Crippen LogP contribution in [0.4, 0.5) is 11.4 Å². The molecule has 1 aromatic rings. The molecule has 4 unspecified atom stereocenters. The Labute approximate surface area is 160 Å². The number of carbonyl (C=O) groups is 1. The fourth-order valence-corrected chi connectivity index (χ4v) is 5.54. The number of nitrogens with two attached hydrogens (primary N) is 1. The zero-order valence-electron chi connectivity index (χ0n) is 15.4. The van der Waals surface area contributed by atoms with Crippen molar-refractivity contribution in [2.45, 2.75) is 45.1 Å². The van der Waals surface area contributed by atoms with E-state index in [0.29, 0.717) is 54.0 Å². The molecule has 4 atom stereocenters. The molecule has 2 N–H and O–H groups in total. The van der Waals surface area contributed by atoms with Gasteiger partial charge in [-0.25, -0.2) is 0 Å². The van der Waals surface area contributed by atoms with Crippen LogP contribution in [0, 0.1) is 11.8 Å². The van der Waals surface area contributed by atoms with Gasteiger partial charge in [0.2, 0.25) is 5.75 Å². The number of piperidine rings is 2. The zero-order chi connectivity index (χ0) is 18.3. The second kappa shape index (κ2) is 6.93. The lowest BCUT2D eigenvalue weighted by Gasteiger charge is -2.54. The van der Waals surface area contributed by atoms with Crippen LogP contribution >= 0.6 is 11.6 Å². The fourth-order valence-electron chi connectivity index (χ4n) is 5.35. The summed E-state index contributed by atoms with van der Waals surface area (Å²) >= 11 is 6.48. The second-order valence-corrected chi connectivity index (χ2v) is 8.47. The van der Waals surface area contributed by atoms with E-state index < -0.39 is 0 Å². The molecule has 0 aliphatic carbocycles. The number of hydrogen-bond acceptors (Lipinski definition) is 4. The predicted octanol–water partition coefficient (Wildman–Crippen LogP) is 3.80. The molecule has 0 saturated carbocycles. The molecule has 6 heteroatoms. The van der Waals surface area contributed by atoms with E-state index in [9.17, 15) is 4.79 Å². The van der Waals surface area contributed by atoms with Gasteiger partial charge < -0.3 is 20.0 Å². The molecular formula is C20H28ClN2O3+. The summed E-state index contributed by atoms with van der Waals surface area (Å²) in [5.74, 6) is 2.70. The summed E-state index contributed by atoms with van der Waals surface area (Å²) in [4.78, 5) is 10.8. The number of carbonyl (C=O) groups excluding carboxylic acids is 1. The highest BCUT2D eigenvalue weighted by molar-refractivity contribution is 6.34. The number of benzene rings is 1. The van der Waals surface area contributed by atoms with E-state index >= 15 is 0 Å². The van der Waals surface area contributed by atoms with Crippen molar-refractivity contribution in [3.05, 3.63) is 11.1 Å². The van der Waals surface area contributed by atoms with Gasteiger partial charge in [-0.05, 0) is 25.7 Å². The Kier molecular flexibility index (Phi) is 4.78. The molecule has 26 heavy (non-hydrogen) atoms. The standard InChI is InChI=1S/C20H28ClN2O3/c1-13-4-5-15-12-23(13,7-6-14(15)3-2-8-24)17-11-16(21)18(22)20-19(17)25-9-10-26-20/h8,11,13-15H,2-7,9-10,12,22H2,1H3/q+1. The number of ether oxygens (including phenoxy) is 2. The first-order chi connectivity index (χ1) is 12.6. The highest BCUT2D eigenvalue weighted by Crippen LogP contribution is 2.54. The highest BCUT2D eigenvalue weighted by Gasteiger charge is 2.50. The molecule has 3 aliphatic heterocycles. The van der Waals surface area contributed by atoms with Crippen LogP contribution in [-0.2, 0) is 4.79 Å². The maximum atomic E-state index is 10.8. The summed E-state index contributed by atoms with van der Waals surface area (Å²) in [5, 5.41) is 0.550. The van der Waals surface area contributed by atoms with E-state index in [1.54, 1.807) is 0 Å². The van der Waals surface area contributed by atoms with Gasteiger partial charge in [-0.1, -0.05) is 11.6 Å². The van der Waals surface area contributed by atoms with Crippen LogP contribution in [0.15, 0.2) is 6.07 Å². The van der Waals surface area contributed by atoms with Gasteiger partial charge in [0, 0.05) is 31.2 Å². The summed E-state index contributed by atoms with van der Waals surface area (Å²) < 4.78 is 12.8. The molecule has 3 heterocycles. The van der Waals surface area contributed by atoms with Crippen molar-refractivity contribution in [3.63, 3.8) is 0 Å². The number of anilines is 1. The number of rotatable bonds is 4. The Bertz CT molecular complexity index is 711. The molecule has 2 saturated heterocycles. The topological polar surface area (TPSA) is 61.6 Å². The van der Waals surface area contributed by atoms with E-state index in [1.807, 2.05) is 6.07 Å². The number of quaternary nitrogens is 1. The lowest BCUT2D eigenvalue weighted by Crippen LogP contribution is -2.65. The molecule has 0 aromatic heterocycles. The summed E-state index contributed by atoms with van der Waals surface area (Å²) in [6.45, 7) is 5.52. The second-order valence-electron chi connectivity index (χ2n) is 8.07. The Hall–Kier alpha value is -1.46. The van der Waals surface area contributed by atoms with Gasteiger partial charge in [-0.15, -0.1) is 0 Å². The zero-order valence-corrected chi connectivity index (χ0v) is 16.1. The van der Waals surface area contributed by atoms with Crippen LogP contribution in [0.3, 0.4) is 0 Å². The van der Waals surface area contributed by atoms with E-state index in [4.69, 9.17) is 26.8 Å². The summed E-state index contributed by atoms with van der Waals surface area (Å²) in [7, 11) is 0. The van der Waals surface area contributed by atoms with Crippen molar-refractivity contribution in [3.8, 4) is 11.5 Å². The van der Waals surface area contributed by atoms with E-state index in [2.05, 4.69) is 6.92 Å². The average Bonchev–Trinajstić information content (AvgIpc) is 2.67. The highest BCUT2D eigenvalue weighted by atomic mass is 35.5. The third-order valence-corrected chi connectivity index (χ3v) is 7.15. The first-order valence-electron chi connectivity index (χ1n) is 9.75. The molecular weight excluding hydrogens is 352 g/mol. The normalized spacial score (nSPS) is 32.9. The van der Waals surface area contributed by atoms with Crippen LogP contribution in [0.5, 0.6) is 11.5 Å². The third-order valence-electron chi connectivity index (χ3n) is 6.84. The lowest BCUT2D eigenvalue weighted by atomic mass is 9.74. The molecule has 142 valence electrons. The van der Waals surface area contributed by atoms with Gasteiger partial charge in [-0.3, -0.25) is 4.48 Å². The van der Waals surface area contributed by atoms with Crippen LogP contribution in [0.2, 0.25) is 5.02 Å². The minimum atomic E-state index is 0.477. The molecule has 0 spiro atoms. The SMILES string of the molecule is CC1CCC2C[N+]1(c1cc(Cl)c(N)c3c1OCCO3)CCC2CCC=O. The van der Waals surface area contributed by atoms with Gasteiger partial charge in [-0.2, -0.15) is 0 Å². The van der Waals surface area contributed by atoms with Gasteiger partial charge in [0.25, 0.3) is 0 Å². The molecule has 4 rings (SSSR count). The first-order valence-corrected chi connectivity index (χ1v) is 10.1. The van der Waals surface area contributed by atoms with Gasteiger partial charge >= 0.3 is 0 Å². The van der Waals surface area contributed by atoms with Gasteiger partial charge in [0.1, 0.15) is 19.5 Å². The number of aldehydes is 1. The van der Waals surface area contributed by atoms with Crippen LogP contribution in [-0.4, -0.2) is 38.6 Å². The van der Waals surface area contributed by atoms with Crippen molar-refractivity contribution >= 4 is 29.3 Å². The van der Waals surface area contributed by atoms with Crippen molar-refractivity contribution in [1.82, 2.24) is 4.48 Å². The Balaban J connectivity index is 1.74. The van der Waals surface area contributed by atoms with Gasteiger partial charge in [0.15, 0.2) is 11.4 Å². The fraction of sp³-hybridized carbons (Fsp3) is 0.650. The number of halogens is 1. The van der Waals surface area contributed by atoms with E-state index in [0.717, 1.165) is 48.1 Å². The lowest BCUT2D eigenvalue weighted by molar-refractivity contribution is -0.108. The maximum Gasteiger partial charge on any atom is 0.225 e. The Morgan fingerprint density at radius 3 is 2.81 bits per heavy atom. The number of hydrogen-bond donors (Lipinski definition) is 1. The minimum Gasteiger partial charge on any atom is -0.484 e. The number of nitrogens with zero attached hydrogens (tertiary/aromatic N) is 1. The molecule has 5 nitrogen and oxygen atoms in total. The molecule has 3 aliphatic rings. The molecule has 0 radical (unpaired) electrons. The molecule has 2 bridgehead atoms.